The standard InChI is InChI=1S/C21H32N6O9/c1-10(2)5-14(19(33)25-13(21(35)36)3-4-16(28)29)27-20(34)15(7-17(30)31)26-18(32)12(22)6-11-8-23-9-24-11/h8-10,12-15H,3-7,22H2,1-2H3,(H,23,24)(H,25,33)(H,26,32)(H,27,34)(H,28,29)(H,30,31)(H,35,36). The second-order valence-corrected chi connectivity index (χ2v) is 8.57. The molecule has 4 unspecified atom stereocenters. The number of rotatable bonds is 16. The largest absolute Gasteiger partial charge is 0.481 e. The zero-order valence-electron chi connectivity index (χ0n) is 19.9. The first-order valence-electron chi connectivity index (χ1n) is 11.1. The number of carboxylic acid groups (broad SMARTS) is 3. The minimum absolute atomic E-state index is 0.0402. The number of aliphatic carboxylic acids is 3. The van der Waals surface area contributed by atoms with Gasteiger partial charge in [0.25, 0.3) is 0 Å². The lowest BCUT2D eigenvalue weighted by Crippen LogP contribution is -2.57. The van der Waals surface area contributed by atoms with Gasteiger partial charge in [-0.05, 0) is 18.8 Å². The molecule has 15 heteroatoms. The molecule has 0 bridgehead atoms. The molecule has 1 heterocycles. The van der Waals surface area contributed by atoms with Crippen LogP contribution >= 0.6 is 0 Å². The molecule has 15 nitrogen and oxygen atoms in total. The number of aromatic amines is 1. The molecule has 9 N–H and O–H groups in total. The summed E-state index contributed by atoms with van der Waals surface area (Å²) in [7, 11) is 0. The lowest BCUT2D eigenvalue weighted by Gasteiger charge is -2.25. The van der Waals surface area contributed by atoms with Crippen molar-refractivity contribution in [3.63, 3.8) is 0 Å². The molecule has 0 spiro atoms. The zero-order valence-corrected chi connectivity index (χ0v) is 19.9. The maximum Gasteiger partial charge on any atom is 0.326 e. The highest BCUT2D eigenvalue weighted by Gasteiger charge is 2.32. The predicted molar refractivity (Wildman–Crippen MR) is 122 cm³/mol. The Morgan fingerprint density at radius 1 is 0.917 bits per heavy atom. The third-order valence-electron chi connectivity index (χ3n) is 4.94. The Balaban J connectivity index is 2.95. The van der Waals surface area contributed by atoms with Crippen LogP contribution in [0.15, 0.2) is 12.5 Å². The van der Waals surface area contributed by atoms with E-state index in [0.29, 0.717) is 5.69 Å². The van der Waals surface area contributed by atoms with Crippen molar-refractivity contribution in [1.82, 2.24) is 25.9 Å². The highest BCUT2D eigenvalue weighted by atomic mass is 16.4. The van der Waals surface area contributed by atoms with E-state index in [1.807, 2.05) is 0 Å². The first-order valence-corrected chi connectivity index (χ1v) is 11.1. The zero-order chi connectivity index (χ0) is 27.4. The first kappa shape index (κ1) is 30.0. The van der Waals surface area contributed by atoms with Gasteiger partial charge in [0.15, 0.2) is 0 Å². The lowest BCUT2D eigenvalue weighted by molar-refractivity contribution is -0.144. The molecule has 0 saturated carbocycles. The van der Waals surface area contributed by atoms with Crippen molar-refractivity contribution in [2.45, 2.75) is 70.1 Å². The van der Waals surface area contributed by atoms with Gasteiger partial charge in [-0.15, -0.1) is 0 Å². The predicted octanol–water partition coefficient (Wildman–Crippen LogP) is -1.80. The number of carbonyl (C=O) groups excluding carboxylic acids is 3. The van der Waals surface area contributed by atoms with Crippen LogP contribution in [0.4, 0.5) is 0 Å². The van der Waals surface area contributed by atoms with Gasteiger partial charge < -0.3 is 42.0 Å². The van der Waals surface area contributed by atoms with E-state index in [1.54, 1.807) is 13.8 Å². The van der Waals surface area contributed by atoms with Gasteiger partial charge in [0.1, 0.15) is 18.1 Å². The summed E-state index contributed by atoms with van der Waals surface area (Å²) in [6.45, 7) is 3.47. The van der Waals surface area contributed by atoms with Crippen LogP contribution < -0.4 is 21.7 Å². The van der Waals surface area contributed by atoms with E-state index in [2.05, 4.69) is 25.9 Å². The number of nitrogens with two attached hydrogens (primary N) is 1. The van der Waals surface area contributed by atoms with Crippen molar-refractivity contribution in [1.29, 1.82) is 0 Å². The average Bonchev–Trinajstić information content (AvgIpc) is 3.27. The van der Waals surface area contributed by atoms with Crippen LogP contribution in [0.25, 0.3) is 0 Å². The Bertz CT molecular complexity index is 934. The summed E-state index contributed by atoms with van der Waals surface area (Å²) >= 11 is 0. The molecule has 200 valence electrons. The van der Waals surface area contributed by atoms with Crippen LogP contribution in [0.2, 0.25) is 0 Å². The Labute approximate surface area is 206 Å². The number of imidazole rings is 1. The van der Waals surface area contributed by atoms with E-state index >= 15 is 0 Å². The molecule has 36 heavy (non-hydrogen) atoms. The highest BCUT2D eigenvalue weighted by Crippen LogP contribution is 2.08. The summed E-state index contributed by atoms with van der Waals surface area (Å²) in [6.07, 6.45) is 1.23. The Morgan fingerprint density at radius 3 is 2.00 bits per heavy atom. The Hall–Kier alpha value is -4.01. The number of nitrogens with one attached hydrogen (secondary N) is 4. The molecule has 0 aliphatic rings. The lowest BCUT2D eigenvalue weighted by atomic mass is 10.0. The van der Waals surface area contributed by atoms with Crippen molar-refractivity contribution < 1.29 is 44.1 Å². The molecule has 1 aromatic rings. The molecule has 0 aliphatic heterocycles. The number of nitrogens with zero attached hydrogens (tertiary/aromatic N) is 1. The molecule has 0 aliphatic carbocycles. The second kappa shape index (κ2) is 14.4. The van der Waals surface area contributed by atoms with E-state index in [9.17, 15) is 39.0 Å². The van der Waals surface area contributed by atoms with Crippen molar-refractivity contribution >= 4 is 35.6 Å². The fraction of sp³-hybridized carbons (Fsp3) is 0.571. The molecule has 0 saturated heterocycles. The van der Waals surface area contributed by atoms with Crippen LogP contribution in [-0.2, 0) is 35.2 Å². The van der Waals surface area contributed by atoms with Crippen LogP contribution in [0, 0.1) is 5.92 Å². The first-order chi connectivity index (χ1) is 16.8. The third-order valence-corrected chi connectivity index (χ3v) is 4.94. The van der Waals surface area contributed by atoms with Gasteiger partial charge in [0.2, 0.25) is 17.7 Å². The Kier molecular flexibility index (Phi) is 12.0. The van der Waals surface area contributed by atoms with Crippen LogP contribution in [0.5, 0.6) is 0 Å². The number of aromatic nitrogens is 2. The van der Waals surface area contributed by atoms with Crippen molar-refractivity contribution in [3.8, 4) is 0 Å². The number of amides is 3. The monoisotopic (exact) mass is 512 g/mol. The normalized spacial score (nSPS) is 14.2. The SMILES string of the molecule is CC(C)CC(NC(=O)C(CC(=O)O)NC(=O)C(N)Cc1cnc[nH]1)C(=O)NC(CCC(=O)O)C(=O)O. The molecule has 0 aromatic carbocycles. The van der Waals surface area contributed by atoms with Crippen molar-refractivity contribution in [3.05, 3.63) is 18.2 Å². The maximum atomic E-state index is 12.9. The fourth-order valence-electron chi connectivity index (χ4n) is 3.16. The van der Waals surface area contributed by atoms with Crippen LogP contribution in [0.1, 0.15) is 45.2 Å². The van der Waals surface area contributed by atoms with E-state index in [4.69, 9.17) is 10.8 Å². The number of H-pyrrole nitrogens is 1. The van der Waals surface area contributed by atoms with E-state index in [0.717, 1.165) is 0 Å². The third kappa shape index (κ3) is 10.9. The van der Waals surface area contributed by atoms with Gasteiger partial charge in [-0.2, -0.15) is 0 Å². The van der Waals surface area contributed by atoms with E-state index < -0.39 is 72.6 Å². The molecule has 1 rings (SSSR count). The summed E-state index contributed by atoms with van der Waals surface area (Å²) in [4.78, 5) is 78.1. The van der Waals surface area contributed by atoms with Crippen molar-refractivity contribution in [2.75, 3.05) is 0 Å². The van der Waals surface area contributed by atoms with E-state index in [-0.39, 0.29) is 25.2 Å². The minimum atomic E-state index is -1.58. The van der Waals surface area contributed by atoms with Gasteiger partial charge >= 0.3 is 17.9 Å². The minimum Gasteiger partial charge on any atom is -0.481 e. The highest BCUT2D eigenvalue weighted by molar-refractivity contribution is 5.95. The molecular weight excluding hydrogens is 480 g/mol. The van der Waals surface area contributed by atoms with Crippen LogP contribution in [0.3, 0.4) is 0 Å². The number of carboxylic acids is 3. The van der Waals surface area contributed by atoms with Gasteiger partial charge in [0, 0.05) is 24.7 Å². The topological polar surface area (TPSA) is 254 Å². The smallest absolute Gasteiger partial charge is 0.326 e. The van der Waals surface area contributed by atoms with Gasteiger partial charge in [-0.25, -0.2) is 9.78 Å². The van der Waals surface area contributed by atoms with Gasteiger partial charge in [-0.3, -0.25) is 24.0 Å². The molecule has 4 atom stereocenters. The fourth-order valence-corrected chi connectivity index (χ4v) is 3.16. The van der Waals surface area contributed by atoms with Crippen LogP contribution in [-0.4, -0.2) is 85.1 Å². The van der Waals surface area contributed by atoms with E-state index in [1.165, 1.54) is 12.5 Å². The number of carbonyl (C=O) groups is 6. The van der Waals surface area contributed by atoms with Gasteiger partial charge in [0.05, 0.1) is 18.8 Å². The average molecular weight is 513 g/mol. The molecule has 1 aromatic heterocycles. The molecule has 3 amide bonds. The maximum absolute atomic E-state index is 12.9. The summed E-state index contributed by atoms with van der Waals surface area (Å²) < 4.78 is 0. The van der Waals surface area contributed by atoms with Crippen molar-refractivity contribution in [2.24, 2.45) is 11.7 Å². The summed E-state index contributed by atoms with van der Waals surface area (Å²) in [5.74, 6) is -6.96. The molecule has 0 fully saturated rings. The summed E-state index contributed by atoms with van der Waals surface area (Å²) in [5.41, 5.74) is 6.38. The quantitative estimate of drug-likeness (QED) is 0.123. The Morgan fingerprint density at radius 2 is 1.50 bits per heavy atom. The second-order valence-electron chi connectivity index (χ2n) is 8.57. The number of hydrogen-bond donors (Lipinski definition) is 8. The summed E-state index contributed by atoms with van der Waals surface area (Å²) in [5, 5.41) is 34.1. The molecular formula is C21H32N6O9. The van der Waals surface area contributed by atoms with Gasteiger partial charge in [-0.1, -0.05) is 13.8 Å². The molecule has 0 radical (unpaired) electrons. The number of hydrogen-bond acceptors (Lipinski definition) is 8. The summed E-state index contributed by atoms with van der Waals surface area (Å²) in [6, 6.07) is -5.51.